The van der Waals surface area contributed by atoms with Gasteiger partial charge in [0.05, 0.1) is 0 Å². The summed E-state index contributed by atoms with van der Waals surface area (Å²) in [6.45, 7) is 4.10. The van der Waals surface area contributed by atoms with Gasteiger partial charge in [-0.25, -0.2) is 0 Å². The molecule has 76 valence electrons. The van der Waals surface area contributed by atoms with Gasteiger partial charge in [-0.3, -0.25) is 0 Å². The molecule has 0 atom stereocenters. The third-order valence-electron chi connectivity index (χ3n) is 2.04. The lowest BCUT2D eigenvalue weighted by atomic mass is 10.2. The first kappa shape index (κ1) is 9.62. The minimum Gasteiger partial charge on any atom is -0.449 e. The van der Waals surface area contributed by atoms with Crippen LogP contribution >= 0.6 is 11.6 Å². The van der Waals surface area contributed by atoms with Gasteiger partial charge < -0.3 is 15.2 Å². The summed E-state index contributed by atoms with van der Waals surface area (Å²) >= 11 is 5.99. The van der Waals surface area contributed by atoms with Gasteiger partial charge in [-0.15, -0.1) is 0 Å². The highest BCUT2D eigenvalue weighted by atomic mass is 35.5. The maximum Gasteiger partial charge on any atom is 0.246 e. The summed E-state index contributed by atoms with van der Waals surface area (Å²) in [5.41, 5.74) is 6.40. The molecule has 1 heterocycles. The van der Waals surface area contributed by atoms with Crippen LogP contribution in [0.5, 0.6) is 11.5 Å². The Morgan fingerprint density at radius 1 is 1.29 bits per heavy atom. The first-order valence-corrected chi connectivity index (χ1v) is 4.80. The summed E-state index contributed by atoms with van der Waals surface area (Å²) in [6.07, 6.45) is 0. The minimum absolute atomic E-state index is 0.399. The number of halogens is 1. The summed E-state index contributed by atoms with van der Waals surface area (Å²) in [5, 5.41) is 0.618. The quantitative estimate of drug-likeness (QED) is 0.779. The fraction of sp³-hybridized carbons (Fsp3) is 0.400. The molecule has 14 heavy (non-hydrogen) atoms. The molecule has 0 aliphatic carbocycles. The Hall–Kier alpha value is -0.930. The Kier molecular flexibility index (Phi) is 2.09. The number of hydrogen-bond donors (Lipinski definition) is 1. The molecule has 0 spiro atoms. The normalized spacial score (nSPS) is 17.1. The van der Waals surface area contributed by atoms with Crippen LogP contribution in [-0.2, 0) is 6.54 Å². The molecule has 0 bridgehead atoms. The standard InChI is InChI=1S/C10H12ClNO2/c1-10(2)13-8-3-6(5-12)7(11)4-9(8)14-10/h3-4H,5,12H2,1-2H3. The molecule has 1 aromatic carbocycles. The fourth-order valence-corrected chi connectivity index (χ4v) is 1.67. The maximum atomic E-state index is 5.99. The average molecular weight is 214 g/mol. The largest absolute Gasteiger partial charge is 0.449 e. The van der Waals surface area contributed by atoms with E-state index in [0.29, 0.717) is 23.1 Å². The van der Waals surface area contributed by atoms with E-state index in [4.69, 9.17) is 26.8 Å². The van der Waals surface area contributed by atoms with Crippen molar-refractivity contribution in [2.24, 2.45) is 5.73 Å². The molecular weight excluding hydrogens is 202 g/mol. The van der Waals surface area contributed by atoms with Crippen molar-refractivity contribution in [2.45, 2.75) is 26.2 Å². The van der Waals surface area contributed by atoms with E-state index < -0.39 is 5.79 Å². The second kappa shape index (κ2) is 3.04. The van der Waals surface area contributed by atoms with Crippen LogP contribution in [0, 0.1) is 0 Å². The summed E-state index contributed by atoms with van der Waals surface area (Å²) in [5.74, 6) is 0.774. The van der Waals surface area contributed by atoms with Gasteiger partial charge in [-0.1, -0.05) is 11.6 Å². The first-order chi connectivity index (χ1) is 6.52. The van der Waals surface area contributed by atoms with Crippen LogP contribution in [0.15, 0.2) is 12.1 Å². The van der Waals surface area contributed by atoms with E-state index >= 15 is 0 Å². The van der Waals surface area contributed by atoms with Crippen molar-refractivity contribution >= 4 is 11.6 Å². The number of hydrogen-bond acceptors (Lipinski definition) is 3. The molecule has 0 fully saturated rings. The average Bonchev–Trinajstić information content (AvgIpc) is 2.36. The summed E-state index contributed by atoms with van der Waals surface area (Å²) in [4.78, 5) is 0. The Bertz CT molecular complexity index is 377. The third-order valence-corrected chi connectivity index (χ3v) is 2.40. The lowest BCUT2D eigenvalue weighted by molar-refractivity contribution is -0.0431. The molecule has 0 saturated carbocycles. The smallest absolute Gasteiger partial charge is 0.246 e. The van der Waals surface area contributed by atoms with E-state index in [1.54, 1.807) is 6.07 Å². The van der Waals surface area contributed by atoms with Crippen molar-refractivity contribution in [1.29, 1.82) is 0 Å². The molecule has 2 rings (SSSR count). The van der Waals surface area contributed by atoms with Crippen molar-refractivity contribution in [3.8, 4) is 11.5 Å². The molecule has 4 heteroatoms. The lowest BCUT2D eigenvalue weighted by Gasteiger charge is -2.16. The van der Waals surface area contributed by atoms with Crippen molar-refractivity contribution in [2.75, 3.05) is 0 Å². The summed E-state index contributed by atoms with van der Waals surface area (Å²) in [6, 6.07) is 3.57. The van der Waals surface area contributed by atoms with Crippen LogP contribution in [-0.4, -0.2) is 5.79 Å². The lowest BCUT2D eigenvalue weighted by Crippen LogP contribution is -2.29. The molecule has 1 aliphatic heterocycles. The molecule has 0 radical (unpaired) electrons. The van der Waals surface area contributed by atoms with Gasteiger partial charge in [-0.05, 0) is 11.6 Å². The monoisotopic (exact) mass is 213 g/mol. The van der Waals surface area contributed by atoms with Gasteiger partial charge >= 0.3 is 0 Å². The van der Waals surface area contributed by atoms with Gasteiger partial charge in [0.15, 0.2) is 11.5 Å². The van der Waals surface area contributed by atoms with Crippen LogP contribution in [0.1, 0.15) is 19.4 Å². The fourth-order valence-electron chi connectivity index (χ4n) is 1.44. The van der Waals surface area contributed by atoms with E-state index in [-0.39, 0.29) is 0 Å². The molecule has 0 saturated heterocycles. The molecule has 0 amide bonds. The van der Waals surface area contributed by atoms with Crippen LogP contribution in [0.25, 0.3) is 0 Å². The predicted octanol–water partition coefficient (Wildman–Crippen LogP) is 2.31. The van der Waals surface area contributed by atoms with Gasteiger partial charge in [0, 0.05) is 31.5 Å². The second-order valence-electron chi connectivity index (χ2n) is 3.70. The van der Waals surface area contributed by atoms with Gasteiger partial charge in [0.2, 0.25) is 5.79 Å². The zero-order chi connectivity index (χ0) is 10.3. The number of benzene rings is 1. The van der Waals surface area contributed by atoms with Crippen LogP contribution in [0.3, 0.4) is 0 Å². The second-order valence-corrected chi connectivity index (χ2v) is 4.11. The zero-order valence-corrected chi connectivity index (χ0v) is 8.89. The van der Waals surface area contributed by atoms with Gasteiger partial charge in [0.25, 0.3) is 0 Å². The molecule has 1 aromatic rings. The molecule has 0 unspecified atom stereocenters. The minimum atomic E-state index is -0.612. The summed E-state index contributed by atoms with van der Waals surface area (Å²) in [7, 11) is 0. The van der Waals surface area contributed by atoms with Gasteiger partial charge in [-0.2, -0.15) is 0 Å². The topological polar surface area (TPSA) is 44.5 Å². The number of ether oxygens (including phenoxy) is 2. The summed E-state index contributed by atoms with van der Waals surface area (Å²) < 4.78 is 11.1. The van der Waals surface area contributed by atoms with E-state index in [2.05, 4.69) is 0 Å². The molecule has 0 aromatic heterocycles. The van der Waals surface area contributed by atoms with Crippen molar-refractivity contribution < 1.29 is 9.47 Å². The molecule has 2 N–H and O–H groups in total. The molecule has 1 aliphatic rings. The van der Waals surface area contributed by atoms with E-state index in [1.807, 2.05) is 19.9 Å². The third kappa shape index (κ3) is 1.53. The highest BCUT2D eigenvalue weighted by Crippen LogP contribution is 2.42. The van der Waals surface area contributed by atoms with E-state index in [9.17, 15) is 0 Å². The Morgan fingerprint density at radius 2 is 1.86 bits per heavy atom. The van der Waals surface area contributed by atoms with E-state index in [0.717, 1.165) is 5.56 Å². The van der Waals surface area contributed by atoms with Crippen molar-refractivity contribution in [1.82, 2.24) is 0 Å². The first-order valence-electron chi connectivity index (χ1n) is 4.42. The highest BCUT2D eigenvalue weighted by molar-refractivity contribution is 6.31. The van der Waals surface area contributed by atoms with Crippen LogP contribution < -0.4 is 15.2 Å². The predicted molar refractivity (Wildman–Crippen MR) is 54.7 cm³/mol. The van der Waals surface area contributed by atoms with Crippen LogP contribution in [0.2, 0.25) is 5.02 Å². The number of rotatable bonds is 1. The number of nitrogens with two attached hydrogens (primary N) is 1. The zero-order valence-electron chi connectivity index (χ0n) is 8.13. The highest BCUT2D eigenvalue weighted by Gasteiger charge is 2.32. The molecule has 3 nitrogen and oxygen atoms in total. The van der Waals surface area contributed by atoms with Crippen molar-refractivity contribution in [3.05, 3.63) is 22.7 Å². The maximum absolute atomic E-state index is 5.99. The van der Waals surface area contributed by atoms with Crippen LogP contribution in [0.4, 0.5) is 0 Å². The van der Waals surface area contributed by atoms with E-state index in [1.165, 1.54) is 0 Å². The Labute approximate surface area is 87.8 Å². The molecular formula is C10H12ClNO2. The Balaban J connectivity index is 2.44. The Morgan fingerprint density at radius 3 is 2.43 bits per heavy atom. The van der Waals surface area contributed by atoms with Crippen molar-refractivity contribution in [3.63, 3.8) is 0 Å². The van der Waals surface area contributed by atoms with Gasteiger partial charge in [0.1, 0.15) is 0 Å². The SMILES string of the molecule is CC1(C)Oc2cc(Cl)c(CN)cc2O1. The number of fused-ring (bicyclic) bond motifs is 1.